The summed E-state index contributed by atoms with van der Waals surface area (Å²) >= 11 is 0. The number of aryl methyl sites for hydroxylation is 1. The Bertz CT molecular complexity index is 1550. The summed E-state index contributed by atoms with van der Waals surface area (Å²) in [6.07, 6.45) is 10.5. The molecular formula is C27H27N9O. The van der Waals surface area contributed by atoms with Gasteiger partial charge in [0.2, 0.25) is 5.88 Å². The molecule has 3 saturated heterocycles. The van der Waals surface area contributed by atoms with Gasteiger partial charge in [-0.25, -0.2) is 19.9 Å². The number of pyridine rings is 2. The molecule has 3 aliphatic heterocycles. The zero-order valence-corrected chi connectivity index (χ0v) is 20.7. The summed E-state index contributed by atoms with van der Waals surface area (Å²) in [6, 6.07) is 11.4. The van der Waals surface area contributed by atoms with Gasteiger partial charge in [0, 0.05) is 79.9 Å². The van der Waals surface area contributed by atoms with E-state index in [9.17, 15) is 0 Å². The second-order valence-corrected chi connectivity index (χ2v) is 9.80. The van der Waals surface area contributed by atoms with E-state index in [2.05, 4.69) is 59.1 Å². The van der Waals surface area contributed by atoms with Crippen molar-refractivity contribution in [2.45, 2.75) is 25.0 Å². The number of H-pyrrole nitrogens is 1. The van der Waals surface area contributed by atoms with Gasteiger partial charge < -0.3 is 14.6 Å². The summed E-state index contributed by atoms with van der Waals surface area (Å²) in [6.45, 7) is 2.89. The number of aromatic amines is 1. The first-order valence-electron chi connectivity index (χ1n) is 12.4. The molecule has 3 fully saturated rings. The summed E-state index contributed by atoms with van der Waals surface area (Å²) < 4.78 is 6.97. The topological polar surface area (TPSA) is 101 Å². The van der Waals surface area contributed by atoms with E-state index in [4.69, 9.17) is 9.72 Å². The van der Waals surface area contributed by atoms with Crippen molar-refractivity contribution in [3.63, 3.8) is 0 Å². The molecule has 0 radical (unpaired) electrons. The lowest BCUT2D eigenvalue weighted by molar-refractivity contribution is -0.00876. The van der Waals surface area contributed by atoms with Gasteiger partial charge in [0.25, 0.3) is 0 Å². The molecule has 2 atom stereocenters. The molecule has 0 amide bonds. The molecule has 5 aromatic heterocycles. The van der Waals surface area contributed by atoms with Crippen LogP contribution in [-0.2, 0) is 13.6 Å². The monoisotopic (exact) mass is 493 g/mol. The molecule has 0 spiro atoms. The smallest absolute Gasteiger partial charge is 0.212 e. The van der Waals surface area contributed by atoms with E-state index in [0.717, 1.165) is 59.0 Å². The van der Waals surface area contributed by atoms with Gasteiger partial charge in [0.15, 0.2) is 0 Å². The van der Waals surface area contributed by atoms with Gasteiger partial charge in [0.05, 0.1) is 24.7 Å². The van der Waals surface area contributed by atoms with Crippen LogP contribution in [0.15, 0.2) is 61.4 Å². The van der Waals surface area contributed by atoms with Crippen molar-refractivity contribution in [2.75, 3.05) is 25.1 Å². The lowest BCUT2D eigenvalue weighted by Gasteiger charge is -2.56. The van der Waals surface area contributed by atoms with Crippen molar-refractivity contribution in [3.8, 4) is 28.4 Å². The molecular weight excluding hydrogens is 466 g/mol. The second kappa shape index (κ2) is 8.67. The first-order chi connectivity index (χ1) is 18.1. The highest BCUT2D eigenvalue weighted by atomic mass is 16.5. The van der Waals surface area contributed by atoms with E-state index in [0.29, 0.717) is 18.0 Å². The lowest BCUT2D eigenvalue weighted by atomic mass is 9.87. The Kier molecular flexibility index (Phi) is 5.14. The predicted octanol–water partition coefficient (Wildman–Crippen LogP) is 3.29. The highest BCUT2D eigenvalue weighted by Gasteiger charge is 2.44. The third kappa shape index (κ3) is 3.89. The van der Waals surface area contributed by atoms with Crippen LogP contribution in [0.3, 0.4) is 0 Å². The molecule has 8 rings (SSSR count). The summed E-state index contributed by atoms with van der Waals surface area (Å²) in [5.41, 5.74) is 5.85. The van der Waals surface area contributed by atoms with Crippen molar-refractivity contribution < 1.29 is 4.74 Å². The van der Waals surface area contributed by atoms with Crippen molar-refractivity contribution >= 4 is 16.9 Å². The second-order valence-electron chi connectivity index (χ2n) is 9.80. The maximum atomic E-state index is 5.18. The Morgan fingerprint density at radius 1 is 0.973 bits per heavy atom. The quantitative estimate of drug-likeness (QED) is 0.385. The number of piperazine rings is 1. The Balaban J connectivity index is 1.07. The average molecular weight is 494 g/mol. The number of methoxy groups -OCH3 is 1. The highest BCUT2D eigenvalue weighted by molar-refractivity contribution is 5.94. The molecule has 0 saturated carbocycles. The van der Waals surface area contributed by atoms with E-state index in [-0.39, 0.29) is 0 Å². The number of rotatable bonds is 6. The van der Waals surface area contributed by atoms with Crippen LogP contribution in [0.25, 0.3) is 33.5 Å². The van der Waals surface area contributed by atoms with Crippen LogP contribution in [-0.4, -0.2) is 71.9 Å². The molecule has 0 aliphatic carbocycles. The zero-order chi connectivity index (χ0) is 24.9. The fourth-order valence-corrected chi connectivity index (χ4v) is 5.57. The standard InChI is InChI=1S/C27H27N9O/c1-34-13-19(11-32-34)23-8-22-26(30-16-31-27(22)33-23)18-4-5-24(28-10-18)35-14-20-7-21(15-35)36(20)12-17-3-6-25(37-2)29-9-17/h3-6,8-11,13,16,20-21H,7,12,14-15H2,1-2H3,(H,30,31,33). The number of nitrogens with one attached hydrogen (secondary N) is 1. The largest absolute Gasteiger partial charge is 0.481 e. The van der Waals surface area contributed by atoms with Gasteiger partial charge >= 0.3 is 0 Å². The van der Waals surface area contributed by atoms with Crippen LogP contribution in [0, 0.1) is 0 Å². The molecule has 2 bridgehead atoms. The average Bonchev–Trinajstić information content (AvgIpc) is 3.58. The van der Waals surface area contributed by atoms with Gasteiger partial charge in [-0.15, -0.1) is 0 Å². The maximum Gasteiger partial charge on any atom is 0.212 e. The van der Waals surface area contributed by atoms with Crippen molar-refractivity contribution in [1.82, 2.24) is 39.6 Å². The Morgan fingerprint density at radius 2 is 1.86 bits per heavy atom. The minimum atomic E-state index is 0.537. The molecule has 10 nitrogen and oxygen atoms in total. The molecule has 1 N–H and O–H groups in total. The van der Waals surface area contributed by atoms with Gasteiger partial charge in [0.1, 0.15) is 17.8 Å². The SMILES string of the molecule is COc1ccc(CN2C3CC2CN(c2ccc(-c4ncnc5[nH]c(-c6cnn(C)c6)cc45)cn2)C3)cn1. The Hall–Kier alpha value is -4.31. The van der Waals surface area contributed by atoms with Crippen LogP contribution in [0.4, 0.5) is 5.82 Å². The minimum Gasteiger partial charge on any atom is -0.481 e. The zero-order valence-electron chi connectivity index (χ0n) is 20.7. The third-order valence-electron chi connectivity index (χ3n) is 7.50. The fourth-order valence-electron chi connectivity index (χ4n) is 5.57. The van der Waals surface area contributed by atoms with E-state index < -0.39 is 0 Å². The lowest BCUT2D eigenvalue weighted by Crippen LogP contribution is -2.68. The molecule has 186 valence electrons. The van der Waals surface area contributed by atoms with Crippen molar-refractivity contribution in [2.24, 2.45) is 7.05 Å². The molecule has 8 heterocycles. The molecule has 37 heavy (non-hydrogen) atoms. The third-order valence-corrected chi connectivity index (χ3v) is 7.50. The van der Waals surface area contributed by atoms with Gasteiger partial charge in [-0.3, -0.25) is 9.58 Å². The highest BCUT2D eigenvalue weighted by Crippen LogP contribution is 2.36. The number of piperidine rings is 1. The van der Waals surface area contributed by atoms with Crippen LogP contribution in [0.1, 0.15) is 12.0 Å². The molecule has 0 aromatic carbocycles. The molecule has 2 unspecified atom stereocenters. The summed E-state index contributed by atoms with van der Waals surface area (Å²) in [7, 11) is 3.55. The molecule has 10 heteroatoms. The van der Waals surface area contributed by atoms with E-state index in [1.807, 2.05) is 37.9 Å². The number of anilines is 1. The number of hydrogen-bond donors (Lipinski definition) is 1. The van der Waals surface area contributed by atoms with E-state index in [1.165, 1.54) is 12.0 Å². The summed E-state index contributed by atoms with van der Waals surface area (Å²) in [4.78, 5) is 26.6. The van der Waals surface area contributed by atoms with Crippen LogP contribution < -0.4 is 9.64 Å². The summed E-state index contributed by atoms with van der Waals surface area (Å²) in [5.74, 6) is 1.67. The number of nitrogens with zero attached hydrogens (tertiary/aromatic N) is 8. The Labute approximate surface area is 214 Å². The summed E-state index contributed by atoms with van der Waals surface area (Å²) in [5, 5.41) is 5.24. The predicted molar refractivity (Wildman–Crippen MR) is 140 cm³/mol. The fraction of sp³-hybridized carbons (Fsp3) is 0.296. The Morgan fingerprint density at radius 3 is 2.57 bits per heavy atom. The number of ether oxygens (including phenoxy) is 1. The first-order valence-corrected chi connectivity index (χ1v) is 12.4. The van der Waals surface area contributed by atoms with Crippen LogP contribution in [0.5, 0.6) is 5.88 Å². The van der Waals surface area contributed by atoms with Crippen LogP contribution in [0.2, 0.25) is 0 Å². The maximum absolute atomic E-state index is 5.18. The van der Waals surface area contributed by atoms with Crippen molar-refractivity contribution in [3.05, 3.63) is 67.0 Å². The van der Waals surface area contributed by atoms with E-state index >= 15 is 0 Å². The molecule has 3 aliphatic rings. The number of fused-ring (bicyclic) bond motifs is 3. The van der Waals surface area contributed by atoms with Crippen LogP contribution >= 0.6 is 0 Å². The van der Waals surface area contributed by atoms with Gasteiger partial charge in [-0.1, -0.05) is 6.07 Å². The van der Waals surface area contributed by atoms with Gasteiger partial charge in [-0.05, 0) is 30.2 Å². The van der Waals surface area contributed by atoms with Gasteiger partial charge in [-0.2, -0.15) is 5.10 Å². The van der Waals surface area contributed by atoms with Crippen molar-refractivity contribution in [1.29, 1.82) is 0 Å². The molecule has 5 aromatic rings. The van der Waals surface area contributed by atoms with E-state index in [1.54, 1.807) is 18.1 Å². The minimum absolute atomic E-state index is 0.537. The normalized spacial score (nSPS) is 19.2. The number of hydrogen-bond acceptors (Lipinski definition) is 8. The number of aromatic nitrogens is 7. The first kappa shape index (κ1) is 21.9.